The van der Waals surface area contributed by atoms with Crippen molar-refractivity contribution < 1.29 is 19.8 Å². The molecular formula is C11H20N2O4. The Morgan fingerprint density at radius 1 is 1.24 bits per heavy atom. The number of carboxylic acids is 2. The SMILES string of the molecule is C[C@]1(C(=O)O)CCCN1.O=C(O)[C@@H]1CCCN1. The third kappa shape index (κ3) is 3.98. The summed E-state index contributed by atoms with van der Waals surface area (Å²) in [6.07, 6.45) is 3.51. The van der Waals surface area contributed by atoms with Crippen LogP contribution in [0.1, 0.15) is 32.6 Å². The van der Waals surface area contributed by atoms with E-state index < -0.39 is 17.5 Å². The maximum Gasteiger partial charge on any atom is 0.323 e. The van der Waals surface area contributed by atoms with E-state index in [1.807, 2.05) is 0 Å². The lowest BCUT2D eigenvalue weighted by Crippen LogP contribution is -2.44. The first-order valence-corrected chi connectivity index (χ1v) is 5.90. The Balaban J connectivity index is 0.000000171. The zero-order chi connectivity index (χ0) is 12.9. The molecule has 6 heteroatoms. The maximum atomic E-state index is 10.5. The summed E-state index contributed by atoms with van der Waals surface area (Å²) in [5.74, 6) is -1.46. The molecule has 2 rings (SSSR count). The molecular weight excluding hydrogens is 224 g/mol. The van der Waals surface area contributed by atoms with Gasteiger partial charge < -0.3 is 20.8 Å². The molecule has 6 nitrogen and oxygen atoms in total. The topological polar surface area (TPSA) is 98.7 Å². The van der Waals surface area contributed by atoms with Crippen LogP contribution in [-0.2, 0) is 9.59 Å². The van der Waals surface area contributed by atoms with Crippen LogP contribution in [0.3, 0.4) is 0 Å². The highest BCUT2D eigenvalue weighted by atomic mass is 16.4. The van der Waals surface area contributed by atoms with Crippen LogP contribution in [0, 0.1) is 0 Å². The van der Waals surface area contributed by atoms with Crippen molar-refractivity contribution in [2.24, 2.45) is 0 Å². The first-order valence-electron chi connectivity index (χ1n) is 5.90. The van der Waals surface area contributed by atoms with Gasteiger partial charge in [-0.15, -0.1) is 0 Å². The van der Waals surface area contributed by atoms with Crippen LogP contribution < -0.4 is 10.6 Å². The number of hydrogen-bond acceptors (Lipinski definition) is 4. The molecule has 0 radical (unpaired) electrons. The zero-order valence-corrected chi connectivity index (χ0v) is 10.0. The van der Waals surface area contributed by atoms with E-state index in [-0.39, 0.29) is 6.04 Å². The zero-order valence-electron chi connectivity index (χ0n) is 10.0. The number of aliphatic carboxylic acids is 2. The Hall–Kier alpha value is -1.14. The van der Waals surface area contributed by atoms with Crippen molar-refractivity contribution >= 4 is 11.9 Å². The van der Waals surface area contributed by atoms with Gasteiger partial charge in [0.15, 0.2) is 0 Å². The van der Waals surface area contributed by atoms with Crippen LogP contribution in [0.4, 0.5) is 0 Å². The summed E-state index contributed by atoms with van der Waals surface area (Å²) in [7, 11) is 0. The standard InChI is InChI=1S/C6H11NO2.C5H9NO2/c1-6(5(8)9)3-2-4-7-6;7-5(8)4-2-1-3-6-4/h7H,2-4H2,1H3,(H,8,9);4,6H,1-3H2,(H,7,8)/t6-;4-/m10/s1. The van der Waals surface area contributed by atoms with Crippen molar-refractivity contribution in [1.82, 2.24) is 10.6 Å². The summed E-state index contributed by atoms with van der Waals surface area (Å²) in [6, 6.07) is -0.269. The second-order valence-electron chi connectivity index (χ2n) is 4.65. The Bertz CT molecular complexity index is 281. The van der Waals surface area contributed by atoms with E-state index in [1.54, 1.807) is 6.92 Å². The van der Waals surface area contributed by atoms with Gasteiger partial charge in [0.2, 0.25) is 0 Å². The van der Waals surface area contributed by atoms with Gasteiger partial charge in [0.05, 0.1) is 0 Å². The van der Waals surface area contributed by atoms with Gasteiger partial charge in [-0.05, 0) is 45.7 Å². The molecule has 2 atom stereocenters. The minimum Gasteiger partial charge on any atom is -0.480 e. The van der Waals surface area contributed by atoms with Crippen LogP contribution in [0.15, 0.2) is 0 Å². The highest BCUT2D eigenvalue weighted by Gasteiger charge is 2.35. The molecule has 98 valence electrons. The quantitative estimate of drug-likeness (QED) is 0.547. The van der Waals surface area contributed by atoms with E-state index in [0.29, 0.717) is 0 Å². The second kappa shape index (κ2) is 5.97. The van der Waals surface area contributed by atoms with E-state index in [9.17, 15) is 9.59 Å². The molecule has 2 aliphatic heterocycles. The normalized spacial score (nSPS) is 31.7. The fraction of sp³-hybridized carbons (Fsp3) is 0.818. The number of rotatable bonds is 2. The van der Waals surface area contributed by atoms with Gasteiger partial charge in [-0.25, -0.2) is 0 Å². The highest BCUT2D eigenvalue weighted by molar-refractivity contribution is 5.78. The van der Waals surface area contributed by atoms with Crippen molar-refractivity contribution in [1.29, 1.82) is 0 Å². The lowest BCUT2D eigenvalue weighted by molar-refractivity contribution is -0.143. The predicted octanol–water partition coefficient (Wildman–Crippen LogP) is 0.0361. The summed E-state index contributed by atoms with van der Waals surface area (Å²) in [6.45, 7) is 3.42. The van der Waals surface area contributed by atoms with E-state index in [2.05, 4.69) is 10.6 Å². The molecule has 2 heterocycles. The number of nitrogens with one attached hydrogen (secondary N) is 2. The van der Waals surface area contributed by atoms with Crippen LogP contribution in [0.25, 0.3) is 0 Å². The molecule has 2 saturated heterocycles. The Morgan fingerprint density at radius 3 is 2.18 bits per heavy atom. The van der Waals surface area contributed by atoms with E-state index in [4.69, 9.17) is 10.2 Å². The number of carbonyl (C=O) groups is 2. The Labute approximate surface area is 100 Å². The lowest BCUT2D eigenvalue weighted by Gasteiger charge is -2.16. The average Bonchev–Trinajstić information content (AvgIpc) is 2.88. The van der Waals surface area contributed by atoms with Crippen molar-refractivity contribution in [2.45, 2.75) is 44.2 Å². The van der Waals surface area contributed by atoms with Crippen molar-refractivity contribution in [3.05, 3.63) is 0 Å². The molecule has 0 aliphatic carbocycles. The molecule has 0 bridgehead atoms. The minimum atomic E-state index is -0.736. The third-order valence-corrected chi connectivity index (χ3v) is 3.20. The monoisotopic (exact) mass is 244 g/mol. The molecule has 0 unspecified atom stereocenters. The van der Waals surface area contributed by atoms with Gasteiger partial charge in [0.1, 0.15) is 11.6 Å². The van der Waals surface area contributed by atoms with E-state index >= 15 is 0 Å². The number of carboxylic acid groups (broad SMARTS) is 2. The fourth-order valence-corrected chi connectivity index (χ4v) is 1.97. The molecule has 2 aliphatic rings. The van der Waals surface area contributed by atoms with E-state index in [0.717, 1.165) is 38.8 Å². The molecule has 2 fully saturated rings. The largest absolute Gasteiger partial charge is 0.480 e. The van der Waals surface area contributed by atoms with Crippen LogP contribution in [0.5, 0.6) is 0 Å². The Kier molecular flexibility index (Phi) is 4.89. The molecule has 0 saturated carbocycles. The van der Waals surface area contributed by atoms with Crippen LogP contribution in [-0.4, -0.2) is 46.8 Å². The molecule has 0 aromatic rings. The highest BCUT2D eigenvalue weighted by Crippen LogP contribution is 2.17. The predicted molar refractivity (Wildman–Crippen MR) is 61.9 cm³/mol. The summed E-state index contributed by atoms with van der Waals surface area (Å²) in [5.41, 5.74) is -0.639. The van der Waals surface area contributed by atoms with Crippen molar-refractivity contribution in [3.63, 3.8) is 0 Å². The maximum absolute atomic E-state index is 10.5. The molecule has 0 spiro atoms. The molecule has 0 amide bonds. The van der Waals surface area contributed by atoms with Gasteiger partial charge in [-0.2, -0.15) is 0 Å². The third-order valence-electron chi connectivity index (χ3n) is 3.20. The second-order valence-corrected chi connectivity index (χ2v) is 4.65. The van der Waals surface area contributed by atoms with Gasteiger partial charge in [-0.3, -0.25) is 9.59 Å². The van der Waals surface area contributed by atoms with Gasteiger partial charge >= 0.3 is 11.9 Å². The van der Waals surface area contributed by atoms with Crippen molar-refractivity contribution in [2.75, 3.05) is 13.1 Å². The summed E-state index contributed by atoms with van der Waals surface area (Å²) in [5, 5.41) is 22.8. The molecule has 17 heavy (non-hydrogen) atoms. The molecule has 4 N–H and O–H groups in total. The van der Waals surface area contributed by atoms with Gasteiger partial charge in [0, 0.05) is 0 Å². The van der Waals surface area contributed by atoms with Gasteiger partial charge in [-0.1, -0.05) is 0 Å². The summed E-state index contributed by atoms with van der Waals surface area (Å²) >= 11 is 0. The molecule has 0 aromatic heterocycles. The molecule has 0 aromatic carbocycles. The lowest BCUT2D eigenvalue weighted by atomic mass is 10.0. The summed E-state index contributed by atoms with van der Waals surface area (Å²) < 4.78 is 0. The Morgan fingerprint density at radius 2 is 1.94 bits per heavy atom. The average molecular weight is 244 g/mol. The first-order chi connectivity index (χ1) is 7.96. The fourth-order valence-electron chi connectivity index (χ4n) is 1.97. The van der Waals surface area contributed by atoms with Crippen molar-refractivity contribution in [3.8, 4) is 0 Å². The minimum absolute atomic E-state index is 0.269. The van der Waals surface area contributed by atoms with E-state index in [1.165, 1.54) is 0 Å². The first kappa shape index (κ1) is 13.9. The van der Waals surface area contributed by atoms with Gasteiger partial charge in [0.25, 0.3) is 0 Å². The van der Waals surface area contributed by atoms with Crippen LogP contribution in [0.2, 0.25) is 0 Å². The smallest absolute Gasteiger partial charge is 0.323 e. The summed E-state index contributed by atoms with van der Waals surface area (Å²) in [4.78, 5) is 20.6. The number of hydrogen-bond donors (Lipinski definition) is 4. The van der Waals surface area contributed by atoms with Crippen LogP contribution >= 0.6 is 0 Å².